The SMILES string of the molecule is COc1ccc2c(c1)c1cc(N(C3=CC=C(c4ccc5c(c4)CCC=C5)CC3)c3ccc(-c4ccc5c(c4)C(C)(C)c4ccccc4-5)cc3)ccc1n2-c1ccccc1. The van der Waals surface area contributed by atoms with Gasteiger partial charge in [-0.15, -0.1) is 0 Å². The van der Waals surface area contributed by atoms with Crippen molar-refractivity contribution in [1.29, 1.82) is 0 Å². The molecule has 286 valence electrons. The molecule has 59 heavy (non-hydrogen) atoms. The highest BCUT2D eigenvalue weighted by Gasteiger charge is 2.35. The van der Waals surface area contributed by atoms with Gasteiger partial charge in [-0.05, 0) is 154 Å². The maximum Gasteiger partial charge on any atom is 0.119 e. The van der Waals surface area contributed by atoms with Crippen molar-refractivity contribution in [3.05, 3.63) is 203 Å². The van der Waals surface area contributed by atoms with E-state index >= 15 is 0 Å². The Kier molecular flexibility index (Phi) is 8.34. The number of allylic oxidation sites excluding steroid dienone is 5. The van der Waals surface area contributed by atoms with E-state index in [9.17, 15) is 0 Å². The van der Waals surface area contributed by atoms with Crippen molar-refractivity contribution in [2.75, 3.05) is 12.0 Å². The Morgan fingerprint density at radius 2 is 1.31 bits per heavy atom. The van der Waals surface area contributed by atoms with Crippen molar-refractivity contribution in [1.82, 2.24) is 4.57 Å². The fraction of sp³-hybridized carbons (Fsp3) is 0.143. The number of fused-ring (bicyclic) bond motifs is 7. The fourth-order valence-electron chi connectivity index (χ4n) is 9.97. The van der Waals surface area contributed by atoms with E-state index in [0.29, 0.717) is 0 Å². The highest BCUT2D eigenvalue weighted by Crippen LogP contribution is 2.50. The molecule has 1 aromatic heterocycles. The lowest BCUT2D eigenvalue weighted by Gasteiger charge is -2.30. The predicted octanol–water partition coefficient (Wildman–Crippen LogP) is 14.6. The van der Waals surface area contributed by atoms with Crippen LogP contribution in [0.25, 0.3) is 61.4 Å². The Morgan fingerprint density at radius 3 is 2.12 bits per heavy atom. The molecule has 0 saturated heterocycles. The van der Waals surface area contributed by atoms with Gasteiger partial charge < -0.3 is 14.2 Å². The number of aryl methyl sites for hydroxylation is 1. The van der Waals surface area contributed by atoms with Crippen LogP contribution < -0.4 is 9.64 Å². The monoisotopic (exact) mass is 762 g/mol. The number of nitrogens with zero attached hydrogens (tertiary/aromatic N) is 2. The molecule has 0 spiro atoms. The fourth-order valence-corrected chi connectivity index (χ4v) is 9.97. The molecule has 1 heterocycles. The van der Waals surface area contributed by atoms with Gasteiger partial charge in [0, 0.05) is 38.9 Å². The lowest BCUT2D eigenvalue weighted by Crippen LogP contribution is -2.18. The molecule has 0 saturated carbocycles. The molecule has 0 amide bonds. The highest BCUT2D eigenvalue weighted by molar-refractivity contribution is 6.11. The number of para-hydroxylation sites is 1. The second kappa shape index (κ2) is 13.9. The first kappa shape index (κ1) is 35.3. The summed E-state index contributed by atoms with van der Waals surface area (Å²) in [6, 6.07) is 56.2. The van der Waals surface area contributed by atoms with Gasteiger partial charge in [0.2, 0.25) is 0 Å². The van der Waals surface area contributed by atoms with E-state index in [2.05, 4.69) is 199 Å². The van der Waals surface area contributed by atoms with E-state index in [0.717, 1.165) is 54.0 Å². The van der Waals surface area contributed by atoms with Gasteiger partial charge in [-0.3, -0.25) is 0 Å². The van der Waals surface area contributed by atoms with Gasteiger partial charge in [-0.1, -0.05) is 117 Å². The van der Waals surface area contributed by atoms with Gasteiger partial charge in [0.1, 0.15) is 5.75 Å². The van der Waals surface area contributed by atoms with Gasteiger partial charge >= 0.3 is 0 Å². The number of benzene rings is 7. The third kappa shape index (κ3) is 5.87. The second-order valence-corrected chi connectivity index (χ2v) is 16.8. The van der Waals surface area contributed by atoms with Crippen LogP contribution in [0.5, 0.6) is 5.75 Å². The Labute approximate surface area is 346 Å². The number of rotatable bonds is 7. The summed E-state index contributed by atoms with van der Waals surface area (Å²) in [7, 11) is 1.75. The average Bonchev–Trinajstić information content (AvgIpc) is 3.74. The number of ether oxygens (including phenoxy) is 1. The Morgan fingerprint density at radius 1 is 0.576 bits per heavy atom. The topological polar surface area (TPSA) is 17.4 Å². The van der Waals surface area contributed by atoms with Crippen LogP contribution in [0.2, 0.25) is 0 Å². The molecule has 0 bridgehead atoms. The summed E-state index contributed by atoms with van der Waals surface area (Å²) in [6.45, 7) is 4.71. The molecule has 3 aliphatic rings. The molecule has 0 fully saturated rings. The molecule has 3 nitrogen and oxygen atoms in total. The van der Waals surface area contributed by atoms with Gasteiger partial charge in [0.15, 0.2) is 0 Å². The van der Waals surface area contributed by atoms with E-state index in [1.807, 2.05) is 0 Å². The lowest BCUT2D eigenvalue weighted by molar-refractivity contribution is 0.415. The van der Waals surface area contributed by atoms with Gasteiger partial charge in [-0.2, -0.15) is 0 Å². The van der Waals surface area contributed by atoms with Gasteiger partial charge in [0.25, 0.3) is 0 Å². The first-order chi connectivity index (χ1) is 28.9. The number of hydrogen-bond acceptors (Lipinski definition) is 2. The minimum atomic E-state index is -0.0407. The Hall–Kier alpha value is -6.84. The van der Waals surface area contributed by atoms with Crippen molar-refractivity contribution in [3.8, 4) is 33.7 Å². The molecule has 11 rings (SSSR count). The number of methoxy groups -OCH3 is 1. The quantitative estimate of drug-likeness (QED) is 0.161. The summed E-state index contributed by atoms with van der Waals surface area (Å²) in [5.74, 6) is 0.854. The third-order valence-electron chi connectivity index (χ3n) is 13.1. The van der Waals surface area contributed by atoms with Crippen LogP contribution in [-0.4, -0.2) is 11.7 Å². The zero-order valence-corrected chi connectivity index (χ0v) is 33.9. The average molecular weight is 763 g/mol. The Balaban J connectivity index is 1.03. The van der Waals surface area contributed by atoms with Crippen molar-refractivity contribution < 1.29 is 4.74 Å². The summed E-state index contributed by atoms with van der Waals surface area (Å²) in [6.07, 6.45) is 13.4. The minimum absolute atomic E-state index is 0.0407. The predicted molar refractivity (Wildman–Crippen MR) is 248 cm³/mol. The molecule has 0 aliphatic heterocycles. The zero-order chi connectivity index (χ0) is 39.7. The van der Waals surface area contributed by atoms with E-state index in [1.54, 1.807) is 7.11 Å². The maximum atomic E-state index is 5.77. The molecule has 3 heteroatoms. The van der Waals surface area contributed by atoms with Crippen LogP contribution in [0.3, 0.4) is 0 Å². The third-order valence-corrected chi connectivity index (χ3v) is 13.1. The van der Waals surface area contributed by atoms with E-state index in [4.69, 9.17) is 4.74 Å². The first-order valence-electron chi connectivity index (χ1n) is 21.0. The van der Waals surface area contributed by atoms with Crippen molar-refractivity contribution in [2.24, 2.45) is 0 Å². The van der Waals surface area contributed by atoms with Crippen molar-refractivity contribution in [3.63, 3.8) is 0 Å². The van der Waals surface area contributed by atoms with Crippen LogP contribution in [0.4, 0.5) is 11.4 Å². The molecule has 0 radical (unpaired) electrons. The van der Waals surface area contributed by atoms with Crippen molar-refractivity contribution in [2.45, 2.75) is 44.9 Å². The molecule has 7 aromatic carbocycles. The van der Waals surface area contributed by atoms with Gasteiger partial charge in [0.05, 0.1) is 18.1 Å². The second-order valence-electron chi connectivity index (χ2n) is 16.8. The molecular formula is C56H46N2O. The molecule has 0 N–H and O–H groups in total. The summed E-state index contributed by atoms with van der Waals surface area (Å²) in [4.78, 5) is 2.47. The zero-order valence-electron chi connectivity index (χ0n) is 33.9. The van der Waals surface area contributed by atoms with E-state index in [-0.39, 0.29) is 5.41 Å². The highest BCUT2D eigenvalue weighted by atomic mass is 16.5. The largest absolute Gasteiger partial charge is 0.497 e. The minimum Gasteiger partial charge on any atom is -0.497 e. The first-order valence-corrected chi connectivity index (χ1v) is 21.0. The van der Waals surface area contributed by atoms with Crippen LogP contribution >= 0.6 is 0 Å². The molecule has 0 unspecified atom stereocenters. The standard InChI is InChI=1S/C56H46N2O/c1-56(2)52-16-10-9-15-48(52)49-30-23-42(34-53(49)56)39-21-26-45(27-22-39)57(44-24-19-38(20-25-44)41-18-17-37-11-7-8-12-40(37)33-41)46-28-31-54-50(35-46)51-36-47(59-3)29-32-55(51)58(54)43-13-5-4-6-14-43/h4-7,9-11,13-19,21-24,26-36H,8,12,20,25H2,1-3H3. The van der Waals surface area contributed by atoms with Crippen LogP contribution in [0.1, 0.15) is 60.9 Å². The van der Waals surface area contributed by atoms with Gasteiger partial charge in [-0.25, -0.2) is 0 Å². The normalized spacial score (nSPS) is 15.0. The van der Waals surface area contributed by atoms with Crippen molar-refractivity contribution >= 4 is 44.8 Å². The summed E-state index contributed by atoms with van der Waals surface area (Å²) in [5, 5.41) is 2.36. The van der Waals surface area contributed by atoms with Crippen LogP contribution in [0.15, 0.2) is 176 Å². The maximum absolute atomic E-state index is 5.77. The van der Waals surface area contributed by atoms with Crippen LogP contribution in [-0.2, 0) is 11.8 Å². The molecule has 3 aliphatic carbocycles. The van der Waals surface area contributed by atoms with Crippen LogP contribution in [0, 0.1) is 0 Å². The lowest BCUT2D eigenvalue weighted by atomic mass is 9.81. The van der Waals surface area contributed by atoms with E-state index < -0.39 is 0 Å². The number of anilines is 2. The summed E-state index contributed by atoms with van der Waals surface area (Å²) in [5.41, 5.74) is 20.5. The molecule has 0 atom stereocenters. The Bertz CT molecular complexity index is 3050. The smallest absolute Gasteiger partial charge is 0.119 e. The number of hydrogen-bond donors (Lipinski definition) is 0. The van der Waals surface area contributed by atoms with E-state index in [1.165, 1.54) is 77.6 Å². The summed E-state index contributed by atoms with van der Waals surface area (Å²) < 4.78 is 8.13. The molecule has 8 aromatic rings. The summed E-state index contributed by atoms with van der Waals surface area (Å²) >= 11 is 0. The number of aromatic nitrogens is 1. The molecular weight excluding hydrogens is 717 g/mol.